The fourth-order valence-corrected chi connectivity index (χ4v) is 6.66. The lowest BCUT2D eigenvalue weighted by Gasteiger charge is -2.26. The molecule has 0 fully saturated rings. The summed E-state index contributed by atoms with van der Waals surface area (Å²) in [5, 5.41) is 7.12. The number of hydrogen-bond acceptors (Lipinski definition) is 2. The van der Waals surface area contributed by atoms with Gasteiger partial charge in [0, 0.05) is 27.8 Å². The van der Waals surface area contributed by atoms with Crippen LogP contribution in [-0.4, -0.2) is 0 Å². The van der Waals surface area contributed by atoms with Crippen LogP contribution in [0.1, 0.15) is 0 Å². The van der Waals surface area contributed by atoms with Gasteiger partial charge in [0.1, 0.15) is 11.2 Å². The van der Waals surface area contributed by atoms with Crippen LogP contribution in [0, 0.1) is 0 Å². The quantitative estimate of drug-likeness (QED) is 0.199. The number of benzene rings is 8. The van der Waals surface area contributed by atoms with E-state index in [-0.39, 0.29) is 0 Å². The van der Waals surface area contributed by atoms with E-state index in [0.717, 1.165) is 39.0 Å². The Kier molecular flexibility index (Phi) is 6.17. The number of furan rings is 1. The normalized spacial score (nSPS) is 11.5. The van der Waals surface area contributed by atoms with Crippen LogP contribution in [0.5, 0.6) is 0 Å². The zero-order valence-electron chi connectivity index (χ0n) is 25.1. The fraction of sp³-hybridized carbons (Fsp3) is 0. The van der Waals surface area contributed by atoms with Crippen LogP contribution in [0.25, 0.3) is 65.7 Å². The van der Waals surface area contributed by atoms with Crippen LogP contribution in [0.2, 0.25) is 0 Å². The van der Waals surface area contributed by atoms with Crippen LogP contribution >= 0.6 is 0 Å². The Balaban J connectivity index is 1.19. The predicted molar refractivity (Wildman–Crippen MR) is 194 cm³/mol. The molecular weight excluding hydrogens is 558 g/mol. The molecular formula is C44H29NO. The summed E-state index contributed by atoms with van der Waals surface area (Å²) in [4.78, 5) is 2.34. The van der Waals surface area contributed by atoms with Crippen molar-refractivity contribution in [2.75, 3.05) is 4.90 Å². The Bertz CT molecular complexity index is 2530. The number of anilines is 3. The van der Waals surface area contributed by atoms with E-state index in [1.54, 1.807) is 0 Å². The zero-order chi connectivity index (χ0) is 30.5. The summed E-state index contributed by atoms with van der Waals surface area (Å²) in [7, 11) is 0. The van der Waals surface area contributed by atoms with Crippen molar-refractivity contribution in [1.29, 1.82) is 0 Å². The summed E-state index contributed by atoms with van der Waals surface area (Å²) in [6.07, 6.45) is 0. The van der Waals surface area contributed by atoms with Crippen LogP contribution in [-0.2, 0) is 0 Å². The second-order valence-electron chi connectivity index (χ2n) is 11.8. The first kappa shape index (κ1) is 26.3. The van der Waals surface area contributed by atoms with Gasteiger partial charge in [-0.2, -0.15) is 0 Å². The minimum absolute atomic E-state index is 0.888. The zero-order valence-corrected chi connectivity index (χ0v) is 25.1. The summed E-state index contributed by atoms with van der Waals surface area (Å²) in [5.74, 6) is 0. The average molecular weight is 588 g/mol. The highest BCUT2D eigenvalue weighted by molar-refractivity contribution is 6.11. The minimum Gasteiger partial charge on any atom is -0.456 e. The second kappa shape index (κ2) is 10.8. The molecule has 0 atom stereocenters. The molecule has 2 heteroatoms. The van der Waals surface area contributed by atoms with Crippen molar-refractivity contribution < 1.29 is 4.42 Å². The maximum atomic E-state index is 6.36. The smallest absolute Gasteiger partial charge is 0.136 e. The van der Waals surface area contributed by atoms with E-state index in [2.05, 4.69) is 181 Å². The van der Waals surface area contributed by atoms with E-state index in [9.17, 15) is 0 Å². The minimum atomic E-state index is 0.888. The van der Waals surface area contributed by atoms with Gasteiger partial charge in [-0.05, 0) is 104 Å². The summed E-state index contributed by atoms with van der Waals surface area (Å²) in [6, 6.07) is 62.9. The van der Waals surface area contributed by atoms with Crippen molar-refractivity contribution in [3.8, 4) is 22.3 Å². The summed E-state index contributed by atoms with van der Waals surface area (Å²) in [5.41, 5.74) is 9.83. The highest BCUT2D eigenvalue weighted by atomic mass is 16.3. The molecule has 0 spiro atoms. The molecule has 1 heterocycles. The van der Waals surface area contributed by atoms with Crippen molar-refractivity contribution in [2.24, 2.45) is 0 Å². The van der Waals surface area contributed by atoms with Crippen LogP contribution in [0.4, 0.5) is 17.1 Å². The Morgan fingerprint density at radius 2 is 0.870 bits per heavy atom. The van der Waals surface area contributed by atoms with Crippen molar-refractivity contribution >= 4 is 60.5 Å². The Hall–Kier alpha value is -6.12. The molecule has 0 radical (unpaired) electrons. The molecule has 9 rings (SSSR count). The molecule has 0 bridgehead atoms. The Morgan fingerprint density at radius 1 is 0.304 bits per heavy atom. The van der Waals surface area contributed by atoms with Gasteiger partial charge in [0.15, 0.2) is 0 Å². The largest absolute Gasteiger partial charge is 0.456 e. The Labute approximate surface area is 267 Å². The topological polar surface area (TPSA) is 16.4 Å². The molecule has 0 saturated carbocycles. The van der Waals surface area contributed by atoms with Gasteiger partial charge in [0.05, 0.1) is 0 Å². The monoisotopic (exact) mass is 587 g/mol. The van der Waals surface area contributed by atoms with Gasteiger partial charge in [-0.3, -0.25) is 0 Å². The maximum absolute atomic E-state index is 6.36. The first-order chi connectivity index (χ1) is 22.8. The fourth-order valence-electron chi connectivity index (χ4n) is 6.66. The van der Waals surface area contributed by atoms with Gasteiger partial charge in [0.2, 0.25) is 0 Å². The molecule has 0 saturated heterocycles. The number of fused-ring (bicyclic) bond motifs is 5. The lowest BCUT2D eigenvalue weighted by Crippen LogP contribution is -2.10. The molecule has 0 unspecified atom stereocenters. The lowest BCUT2D eigenvalue weighted by molar-refractivity contribution is 0.669. The van der Waals surface area contributed by atoms with E-state index < -0.39 is 0 Å². The van der Waals surface area contributed by atoms with E-state index in [4.69, 9.17) is 4.42 Å². The van der Waals surface area contributed by atoms with Crippen LogP contribution in [0.15, 0.2) is 180 Å². The molecule has 2 nitrogen and oxygen atoms in total. The maximum Gasteiger partial charge on any atom is 0.136 e. The number of rotatable bonds is 5. The van der Waals surface area contributed by atoms with Crippen LogP contribution < -0.4 is 4.90 Å². The first-order valence-electron chi connectivity index (χ1n) is 15.7. The highest BCUT2D eigenvalue weighted by Gasteiger charge is 2.17. The van der Waals surface area contributed by atoms with Gasteiger partial charge in [-0.15, -0.1) is 0 Å². The van der Waals surface area contributed by atoms with Gasteiger partial charge >= 0.3 is 0 Å². The predicted octanol–water partition coefficient (Wildman–Crippen LogP) is 12.7. The highest BCUT2D eigenvalue weighted by Crippen LogP contribution is 2.41. The molecule has 46 heavy (non-hydrogen) atoms. The van der Waals surface area contributed by atoms with E-state index in [1.807, 2.05) is 0 Å². The van der Waals surface area contributed by atoms with E-state index in [1.165, 1.54) is 43.8 Å². The van der Waals surface area contributed by atoms with Crippen molar-refractivity contribution in [2.45, 2.75) is 0 Å². The van der Waals surface area contributed by atoms with Gasteiger partial charge in [-0.1, -0.05) is 115 Å². The first-order valence-corrected chi connectivity index (χ1v) is 15.7. The standard InChI is InChI=1S/C44H29NO/c1-2-9-30(10-3-1)34-15-8-16-39(26-34)45(38-21-19-32(20-22-38)37-18-17-31-11-4-5-12-33(31)25-37)40-23-24-43-42(29-40)41-27-35-13-6-7-14-36(35)28-44(41)46-43/h1-29H. The van der Waals surface area contributed by atoms with Gasteiger partial charge < -0.3 is 9.32 Å². The third kappa shape index (κ3) is 4.60. The number of hydrogen-bond donors (Lipinski definition) is 0. The van der Waals surface area contributed by atoms with E-state index in [0.29, 0.717) is 0 Å². The molecule has 216 valence electrons. The molecule has 8 aromatic carbocycles. The third-order valence-corrected chi connectivity index (χ3v) is 9.00. The third-order valence-electron chi connectivity index (χ3n) is 9.00. The second-order valence-corrected chi connectivity index (χ2v) is 11.8. The molecule has 0 aliphatic heterocycles. The summed E-state index contributed by atoms with van der Waals surface area (Å²) >= 11 is 0. The average Bonchev–Trinajstić information content (AvgIpc) is 3.48. The molecule has 0 aliphatic carbocycles. The summed E-state index contributed by atoms with van der Waals surface area (Å²) in [6.45, 7) is 0. The molecule has 9 aromatic rings. The number of nitrogens with zero attached hydrogens (tertiary/aromatic N) is 1. The Morgan fingerprint density at radius 3 is 1.67 bits per heavy atom. The summed E-state index contributed by atoms with van der Waals surface area (Å²) < 4.78 is 6.36. The van der Waals surface area contributed by atoms with Crippen LogP contribution in [0.3, 0.4) is 0 Å². The molecule has 0 aliphatic rings. The SMILES string of the molecule is c1ccc(-c2cccc(N(c3ccc(-c4ccc5ccccc5c4)cc3)c3ccc4oc5cc6ccccc6cc5c4c3)c2)cc1. The van der Waals surface area contributed by atoms with Crippen molar-refractivity contribution in [3.05, 3.63) is 176 Å². The molecule has 0 amide bonds. The van der Waals surface area contributed by atoms with Gasteiger partial charge in [-0.25, -0.2) is 0 Å². The van der Waals surface area contributed by atoms with E-state index >= 15 is 0 Å². The van der Waals surface area contributed by atoms with Crippen molar-refractivity contribution in [3.63, 3.8) is 0 Å². The van der Waals surface area contributed by atoms with Crippen molar-refractivity contribution in [1.82, 2.24) is 0 Å². The molecule has 1 aromatic heterocycles. The molecule has 0 N–H and O–H groups in total. The van der Waals surface area contributed by atoms with Gasteiger partial charge in [0.25, 0.3) is 0 Å². The lowest BCUT2D eigenvalue weighted by atomic mass is 10.0.